The van der Waals surface area contributed by atoms with E-state index in [0.717, 1.165) is 3.57 Å². The summed E-state index contributed by atoms with van der Waals surface area (Å²) in [5.74, 6) is 0.232. The maximum Gasteiger partial charge on any atom is 0.343 e. The standard InChI is InChI=1S/C13H9IO2/c14-11-6-4-5-10(9-11)13(15)16-12-7-2-1-3-8-12/h1-9H. The van der Waals surface area contributed by atoms with E-state index in [0.29, 0.717) is 11.3 Å². The van der Waals surface area contributed by atoms with E-state index in [-0.39, 0.29) is 5.97 Å². The van der Waals surface area contributed by atoms with Crippen molar-refractivity contribution in [2.45, 2.75) is 0 Å². The van der Waals surface area contributed by atoms with Crippen molar-refractivity contribution in [3.63, 3.8) is 0 Å². The van der Waals surface area contributed by atoms with Crippen molar-refractivity contribution in [1.82, 2.24) is 0 Å². The molecule has 80 valence electrons. The minimum atomic E-state index is -0.329. The van der Waals surface area contributed by atoms with Crippen LogP contribution in [0, 0.1) is 3.57 Å². The van der Waals surface area contributed by atoms with Crippen LogP contribution in [0.15, 0.2) is 54.6 Å². The highest BCUT2D eigenvalue weighted by atomic mass is 127. The number of ether oxygens (including phenoxy) is 1. The molecule has 0 aliphatic carbocycles. The smallest absolute Gasteiger partial charge is 0.343 e. The highest BCUT2D eigenvalue weighted by Crippen LogP contribution is 2.13. The van der Waals surface area contributed by atoms with Crippen molar-refractivity contribution < 1.29 is 9.53 Å². The van der Waals surface area contributed by atoms with Crippen LogP contribution >= 0.6 is 22.6 Å². The first-order valence-electron chi connectivity index (χ1n) is 4.78. The van der Waals surface area contributed by atoms with Crippen molar-refractivity contribution in [3.8, 4) is 5.75 Å². The van der Waals surface area contributed by atoms with Gasteiger partial charge in [-0.05, 0) is 52.9 Å². The predicted molar refractivity (Wildman–Crippen MR) is 70.6 cm³/mol. The van der Waals surface area contributed by atoms with E-state index in [2.05, 4.69) is 22.6 Å². The minimum Gasteiger partial charge on any atom is -0.423 e. The second-order valence-electron chi connectivity index (χ2n) is 3.21. The Morgan fingerprint density at radius 2 is 1.75 bits per heavy atom. The van der Waals surface area contributed by atoms with Gasteiger partial charge < -0.3 is 4.74 Å². The summed E-state index contributed by atoms with van der Waals surface area (Å²) in [4.78, 5) is 11.7. The Morgan fingerprint density at radius 3 is 2.44 bits per heavy atom. The van der Waals surface area contributed by atoms with E-state index in [4.69, 9.17) is 4.74 Å². The Bertz CT molecular complexity index is 494. The first kappa shape index (κ1) is 11.1. The molecule has 0 N–H and O–H groups in total. The van der Waals surface area contributed by atoms with Crippen LogP contribution in [0.1, 0.15) is 10.4 Å². The molecule has 0 bridgehead atoms. The number of benzene rings is 2. The quantitative estimate of drug-likeness (QED) is 0.480. The molecule has 16 heavy (non-hydrogen) atoms. The van der Waals surface area contributed by atoms with Gasteiger partial charge >= 0.3 is 5.97 Å². The first-order chi connectivity index (χ1) is 7.75. The van der Waals surface area contributed by atoms with Crippen LogP contribution in [0.3, 0.4) is 0 Å². The van der Waals surface area contributed by atoms with Crippen molar-refractivity contribution in [2.24, 2.45) is 0 Å². The zero-order valence-corrected chi connectivity index (χ0v) is 10.5. The summed E-state index contributed by atoms with van der Waals surface area (Å²) in [6, 6.07) is 16.4. The number of rotatable bonds is 2. The average Bonchev–Trinajstić information content (AvgIpc) is 2.30. The van der Waals surface area contributed by atoms with Crippen LogP contribution in [0.5, 0.6) is 5.75 Å². The van der Waals surface area contributed by atoms with Crippen LogP contribution < -0.4 is 4.74 Å². The third-order valence-corrected chi connectivity index (χ3v) is 2.69. The van der Waals surface area contributed by atoms with E-state index in [9.17, 15) is 4.79 Å². The highest BCUT2D eigenvalue weighted by Gasteiger charge is 2.07. The predicted octanol–water partition coefficient (Wildman–Crippen LogP) is 3.51. The lowest BCUT2D eigenvalue weighted by Gasteiger charge is -2.03. The molecule has 0 radical (unpaired) electrons. The molecule has 0 atom stereocenters. The molecule has 0 heterocycles. The molecule has 0 aliphatic rings. The highest BCUT2D eigenvalue weighted by molar-refractivity contribution is 14.1. The largest absolute Gasteiger partial charge is 0.423 e. The maximum atomic E-state index is 11.7. The summed E-state index contributed by atoms with van der Waals surface area (Å²) >= 11 is 2.16. The Hall–Kier alpha value is -1.36. The molecule has 2 aromatic rings. The summed E-state index contributed by atoms with van der Waals surface area (Å²) < 4.78 is 6.23. The van der Waals surface area contributed by atoms with E-state index < -0.39 is 0 Å². The summed E-state index contributed by atoms with van der Waals surface area (Å²) in [5, 5.41) is 0. The Morgan fingerprint density at radius 1 is 1.00 bits per heavy atom. The van der Waals surface area contributed by atoms with Gasteiger partial charge in [-0.15, -0.1) is 0 Å². The van der Waals surface area contributed by atoms with Crippen LogP contribution in [0.25, 0.3) is 0 Å². The van der Waals surface area contributed by atoms with Gasteiger partial charge in [0.15, 0.2) is 0 Å². The molecule has 0 fully saturated rings. The van der Waals surface area contributed by atoms with E-state index in [1.54, 1.807) is 24.3 Å². The third-order valence-electron chi connectivity index (χ3n) is 2.01. The number of hydrogen-bond donors (Lipinski definition) is 0. The summed E-state index contributed by atoms with van der Waals surface area (Å²) in [6.07, 6.45) is 0. The lowest BCUT2D eigenvalue weighted by molar-refractivity contribution is 0.0734. The number of carbonyl (C=O) groups is 1. The number of hydrogen-bond acceptors (Lipinski definition) is 2. The third kappa shape index (κ3) is 2.82. The maximum absolute atomic E-state index is 11.7. The molecule has 0 aromatic heterocycles. The lowest BCUT2D eigenvalue weighted by atomic mass is 10.2. The molecular weight excluding hydrogens is 315 g/mol. The van der Waals surface area contributed by atoms with Crippen LogP contribution in [-0.4, -0.2) is 5.97 Å². The second kappa shape index (κ2) is 5.12. The fourth-order valence-electron chi connectivity index (χ4n) is 1.27. The fraction of sp³-hybridized carbons (Fsp3) is 0. The van der Waals surface area contributed by atoms with Gasteiger partial charge in [0, 0.05) is 3.57 Å². The number of para-hydroxylation sites is 1. The van der Waals surface area contributed by atoms with Gasteiger partial charge in [-0.2, -0.15) is 0 Å². The Balaban J connectivity index is 2.15. The van der Waals surface area contributed by atoms with Gasteiger partial charge in [0.1, 0.15) is 5.75 Å². The lowest BCUT2D eigenvalue weighted by Crippen LogP contribution is -2.08. The van der Waals surface area contributed by atoms with Gasteiger partial charge in [-0.1, -0.05) is 24.3 Å². The Kier molecular flexibility index (Phi) is 3.56. The van der Waals surface area contributed by atoms with Crippen LogP contribution in [0.2, 0.25) is 0 Å². The summed E-state index contributed by atoms with van der Waals surface area (Å²) in [5.41, 5.74) is 0.566. The van der Waals surface area contributed by atoms with E-state index in [1.807, 2.05) is 30.3 Å². The van der Waals surface area contributed by atoms with Crippen molar-refractivity contribution >= 4 is 28.6 Å². The zero-order chi connectivity index (χ0) is 11.4. The molecule has 0 unspecified atom stereocenters. The van der Waals surface area contributed by atoms with Crippen LogP contribution in [-0.2, 0) is 0 Å². The van der Waals surface area contributed by atoms with Crippen molar-refractivity contribution in [1.29, 1.82) is 0 Å². The molecule has 0 amide bonds. The fourth-order valence-corrected chi connectivity index (χ4v) is 1.81. The average molecular weight is 324 g/mol. The van der Waals surface area contributed by atoms with E-state index >= 15 is 0 Å². The molecule has 0 aliphatic heterocycles. The van der Waals surface area contributed by atoms with E-state index in [1.165, 1.54) is 0 Å². The molecule has 3 heteroatoms. The minimum absolute atomic E-state index is 0.329. The topological polar surface area (TPSA) is 26.3 Å². The van der Waals surface area contributed by atoms with Gasteiger partial charge in [0.25, 0.3) is 0 Å². The van der Waals surface area contributed by atoms with Crippen LogP contribution in [0.4, 0.5) is 0 Å². The van der Waals surface area contributed by atoms with Gasteiger partial charge in [0.05, 0.1) is 5.56 Å². The second-order valence-corrected chi connectivity index (χ2v) is 4.46. The molecule has 2 nitrogen and oxygen atoms in total. The molecule has 0 spiro atoms. The number of carbonyl (C=O) groups excluding carboxylic acids is 1. The normalized spacial score (nSPS) is 9.81. The van der Waals surface area contributed by atoms with Gasteiger partial charge in [-0.3, -0.25) is 0 Å². The molecular formula is C13H9IO2. The molecule has 0 saturated carbocycles. The van der Waals surface area contributed by atoms with Gasteiger partial charge in [-0.25, -0.2) is 4.79 Å². The zero-order valence-electron chi connectivity index (χ0n) is 8.39. The van der Waals surface area contributed by atoms with Crippen molar-refractivity contribution in [2.75, 3.05) is 0 Å². The monoisotopic (exact) mass is 324 g/mol. The number of halogens is 1. The summed E-state index contributed by atoms with van der Waals surface area (Å²) in [6.45, 7) is 0. The molecule has 0 saturated heterocycles. The Labute approximate surface area is 107 Å². The van der Waals surface area contributed by atoms with Gasteiger partial charge in [0.2, 0.25) is 0 Å². The molecule has 2 rings (SSSR count). The number of esters is 1. The van der Waals surface area contributed by atoms with Crippen molar-refractivity contribution in [3.05, 3.63) is 63.7 Å². The SMILES string of the molecule is O=C(Oc1ccccc1)c1cccc(I)c1. The molecule has 2 aromatic carbocycles. The first-order valence-corrected chi connectivity index (χ1v) is 5.86. The summed E-state index contributed by atoms with van der Waals surface area (Å²) in [7, 11) is 0.